The van der Waals surface area contributed by atoms with E-state index in [-0.39, 0.29) is 17.4 Å². The minimum atomic E-state index is -0.564. The molecule has 26 heavy (non-hydrogen) atoms. The number of hydrogen-bond donors (Lipinski definition) is 2. The van der Waals surface area contributed by atoms with Crippen molar-refractivity contribution in [3.63, 3.8) is 0 Å². The topological polar surface area (TPSA) is 61.4 Å². The van der Waals surface area contributed by atoms with Crippen molar-refractivity contribution in [2.75, 3.05) is 18.4 Å². The highest BCUT2D eigenvalue weighted by Gasteiger charge is 2.41. The van der Waals surface area contributed by atoms with Crippen LogP contribution >= 0.6 is 0 Å². The molecule has 0 atom stereocenters. The van der Waals surface area contributed by atoms with Gasteiger partial charge in [-0.15, -0.1) is 0 Å². The van der Waals surface area contributed by atoms with Crippen LogP contribution in [0.4, 0.5) is 10.1 Å². The summed E-state index contributed by atoms with van der Waals surface area (Å²) >= 11 is 0. The molecule has 1 saturated heterocycles. The lowest BCUT2D eigenvalue weighted by Crippen LogP contribution is -2.62. The zero-order valence-corrected chi connectivity index (χ0v) is 14.5. The summed E-state index contributed by atoms with van der Waals surface area (Å²) in [5.41, 5.74) is 2.01. The van der Waals surface area contributed by atoms with Crippen LogP contribution < -0.4 is 10.6 Å². The minimum absolute atomic E-state index is 0.0879. The first-order valence-corrected chi connectivity index (χ1v) is 8.73. The van der Waals surface area contributed by atoms with Crippen molar-refractivity contribution in [2.45, 2.75) is 25.4 Å². The van der Waals surface area contributed by atoms with E-state index in [4.69, 9.17) is 0 Å². The molecule has 0 bridgehead atoms. The van der Waals surface area contributed by atoms with Crippen molar-refractivity contribution < 1.29 is 14.0 Å². The van der Waals surface area contributed by atoms with Gasteiger partial charge in [-0.05, 0) is 31.2 Å². The fourth-order valence-electron chi connectivity index (χ4n) is 3.68. The Bertz CT molecular complexity index is 888. The molecule has 2 aromatic carbocycles. The number of likely N-dealkylation sites (tertiary alicyclic amines) is 1. The summed E-state index contributed by atoms with van der Waals surface area (Å²) in [6.07, 6.45) is 1.12. The van der Waals surface area contributed by atoms with Crippen LogP contribution in [0.1, 0.15) is 39.1 Å². The van der Waals surface area contributed by atoms with Crippen LogP contribution in [0.25, 0.3) is 0 Å². The second-order valence-corrected chi connectivity index (χ2v) is 6.98. The summed E-state index contributed by atoms with van der Waals surface area (Å²) in [7, 11) is 0. The van der Waals surface area contributed by atoms with Gasteiger partial charge in [-0.2, -0.15) is 0 Å². The molecular weight excluding hydrogens is 333 g/mol. The van der Waals surface area contributed by atoms with E-state index in [1.165, 1.54) is 12.1 Å². The largest absolute Gasteiger partial charge is 0.362 e. The van der Waals surface area contributed by atoms with Crippen molar-refractivity contribution in [3.8, 4) is 0 Å². The van der Waals surface area contributed by atoms with Crippen LogP contribution in [0.15, 0.2) is 42.5 Å². The lowest BCUT2D eigenvalue weighted by Gasteiger charge is -2.46. The Morgan fingerprint density at radius 1 is 1.12 bits per heavy atom. The number of carbonyl (C=O) groups is 2. The highest BCUT2D eigenvalue weighted by molar-refractivity contribution is 6.02. The summed E-state index contributed by atoms with van der Waals surface area (Å²) in [5.74, 6) is -0.918. The normalized spacial score (nSPS) is 18.1. The zero-order chi connectivity index (χ0) is 18.3. The monoisotopic (exact) mass is 353 g/mol. The third kappa shape index (κ3) is 2.81. The van der Waals surface area contributed by atoms with E-state index in [0.29, 0.717) is 31.5 Å². The molecule has 1 fully saturated rings. The quantitative estimate of drug-likeness (QED) is 0.829. The molecule has 0 aliphatic carbocycles. The number of rotatable bonds is 1. The maximum atomic E-state index is 13.9. The molecule has 2 heterocycles. The maximum absolute atomic E-state index is 13.9. The van der Waals surface area contributed by atoms with Gasteiger partial charge in [0.15, 0.2) is 0 Å². The molecule has 1 spiro atoms. The average molecular weight is 353 g/mol. The Morgan fingerprint density at radius 3 is 2.58 bits per heavy atom. The SMILES string of the molecule is Cc1ccc2c(c1)C(=O)NC1(CCN(C(=O)c3ccccc3F)CC1)N2. The fourth-order valence-corrected chi connectivity index (χ4v) is 3.68. The smallest absolute Gasteiger partial charge is 0.256 e. The summed E-state index contributed by atoms with van der Waals surface area (Å²) in [4.78, 5) is 26.7. The molecule has 6 heteroatoms. The molecule has 2 aliphatic heterocycles. The number of piperidine rings is 1. The van der Waals surface area contributed by atoms with Gasteiger partial charge in [-0.1, -0.05) is 23.8 Å². The van der Waals surface area contributed by atoms with Crippen molar-refractivity contribution in [1.82, 2.24) is 10.2 Å². The molecule has 2 aromatic rings. The zero-order valence-electron chi connectivity index (χ0n) is 14.5. The molecular formula is C20H20FN3O2. The second-order valence-electron chi connectivity index (χ2n) is 6.98. The van der Waals surface area contributed by atoms with E-state index < -0.39 is 11.5 Å². The van der Waals surface area contributed by atoms with Gasteiger partial charge >= 0.3 is 0 Å². The Balaban J connectivity index is 1.50. The number of hydrogen-bond acceptors (Lipinski definition) is 3. The molecule has 0 radical (unpaired) electrons. The van der Waals surface area contributed by atoms with Crippen LogP contribution in [0.3, 0.4) is 0 Å². The van der Waals surface area contributed by atoms with Gasteiger partial charge in [-0.25, -0.2) is 4.39 Å². The van der Waals surface area contributed by atoms with Gasteiger partial charge in [-0.3, -0.25) is 9.59 Å². The van der Waals surface area contributed by atoms with Crippen molar-refractivity contribution in [1.29, 1.82) is 0 Å². The predicted octanol–water partition coefficient (Wildman–Crippen LogP) is 2.92. The Hall–Kier alpha value is -2.89. The maximum Gasteiger partial charge on any atom is 0.256 e. The van der Waals surface area contributed by atoms with Crippen LogP contribution in [0.2, 0.25) is 0 Å². The summed E-state index contributed by atoms with van der Waals surface area (Å²) < 4.78 is 13.9. The first-order chi connectivity index (χ1) is 12.5. The summed E-state index contributed by atoms with van der Waals surface area (Å²) in [5, 5.41) is 6.50. The number of fused-ring (bicyclic) bond motifs is 1. The van der Waals surface area contributed by atoms with Crippen LogP contribution in [-0.4, -0.2) is 35.5 Å². The predicted molar refractivity (Wildman–Crippen MR) is 96.5 cm³/mol. The van der Waals surface area contributed by atoms with Crippen molar-refractivity contribution >= 4 is 17.5 Å². The molecule has 134 valence electrons. The lowest BCUT2D eigenvalue weighted by molar-refractivity contribution is 0.0636. The number of benzene rings is 2. The number of nitrogens with one attached hydrogen (secondary N) is 2. The third-order valence-electron chi connectivity index (χ3n) is 5.15. The van der Waals surface area contributed by atoms with Crippen molar-refractivity contribution in [3.05, 3.63) is 65.0 Å². The fraction of sp³-hybridized carbons (Fsp3) is 0.300. The van der Waals surface area contributed by atoms with E-state index in [0.717, 1.165) is 11.3 Å². The van der Waals surface area contributed by atoms with Gasteiger partial charge < -0.3 is 15.5 Å². The van der Waals surface area contributed by atoms with Crippen molar-refractivity contribution in [2.24, 2.45) is 0 Å². The average Bonchev–Trinajstić information content (AvgIpc) is 2.63. The number of nitrogens with zero attached hydrogens (tertiary/aromatic N) is 1. The van der Waals surface area contributed by atoms with E-state index in [1.54, 1.807) is 17.0 Å². The lowest BCUT2D eigenvalue weighted by atomic mass is 9.91. The van der Waals surface area contributed by atoms with Gasteiger partial charge in [0.2, 0.25) is 0 Å². The highest BCUT2D eigenvalue weighted by atomic mass is 19.1. The molecule has 2 N–H and O–H groups in total. The van der Waals surface area contributed by atoms with Gasteiger partial charge in [0.1, 0.15) is 11.5 Å². The Labute approximate surface area is 151 Å². The highest BCUT2D eigenvalue weighted by Crippen LogP contribution is 2.32. The summed E-state index contributed by atoms with van der Waals surface area (Å²) in [6.45, 7) is 2.84. The van der Waals surface area contributed by atoms with Crippen LogP contribution in [-0.2, 0) is 0 Å². The number of aryl methyl sites for hydroxylation is 1. The molecule has 2 amide bonds. The Morgan fingerprint density at radius 2 is 1.85 bits per heavy atom. The molecule has 0 aromatic heterocycles. The van der Waals surface area contributed by atoms with Crippen LogP contribution in [0, 0.1) is 12.7 Å². The first kappa shape index (κ1) is 16.6. The second kappa shape index (κ2) is 6.12. The van der Waals surface area contributed by atoms with E-state index in [2.05, 4.69) is 10.6 Å². The number of halogens is 1. The summed E-state index contributed by atoms with van der Waals surface area (Å²) in [6, 6.07) is 11.8. The number of amides is 2. The molecule has 4 rings (SSSR count). The standard InChI is InChI=1S/C20H20FN3O2/c1-13-6-7-17-15(12-13)18(25)23-20(22-17)8-10-24(11-9-20)19(26)14-4-2-3-5-16(14)21/h2-7,12,22H,8-11H2,1H3,(H,23,25). The van der Waals surface area contributed by atoms with E-state index in [9.17, 15) is 14.0 Å². The van der Waals surface area contributed by atoms with Crippen LogP contribution in [0.5, 0.6) is 0 Å². The number of anilines is 1. The Kier molecular flexibility index (Phi) is 3.90. The minimum Gasteiger partial charge on any atom is -0.362 e. The molecule has 0 unspecified atom stereocenters. The van der Waals surface area contributed by atoms with E-state index in [1.807, 2.05) is 25.1 Å². The van der Waals surface area contributed by atoms with Gasteiger partial charge in [0.25, 0.3) is 11.8 Å². The number of carbonyl (C=O) groups excluding carboxylic acids is 2. The third-order valence-corrected chi connectivity index (χ3v) is 5.15. The van der Waals surface area contributed by atoms with E-state index >= 15 is 0 Å². The van der Waals surface area contributed by atoms with Gasteiger partial charge in [0, 0.05) is 31.6 Å². The molecule has 0 saturated carbocycles. The first-order valence-electron chi connectivity index (χ1n) is 8.73. The molecule has 2 aliphatic rings. The molecule has 5 nitrogen and oxygen atoms in total. The van der Waals surface area contributed by atoms with Gasteiger partial charge in [0.05, 0.1) is 11.1 Å².